The fourth-order valence-corrected chi connectivity index (χ4v) is 3.33. The Balaban J connectivity index is 1.96. The molecule has 2 aromatic heterocycles. The van der Waals surface area contributed by atoms with Gasteiger partial charge in [-0.1, -0.05) is 0 Å². The molecule has 0 saturated heterocycles. The molecule has 88 valence electrons. The molecule has 1 aliphatic heterocycles. The third-order valence-corrected chi connectivity index (χ3v) is 4.25. The molecule has 0 saturated carbocycles. The average molecular weight is 267 g/mol. The van der Waals surface area contributed by atoms with Gasteiger partial charge in [-0.25, -0.2) is 0 Å². The van der Waals surface area contributed by atoms with E-state index in [2.05, 4.69) is 38.5 Å². The van der Waals surface area contributed by atoms with Crippen molar-refractivity contribution in [3.8, 4) is 0 Å². The van der Waals surface area contributed by atoms with Crippen LogP contribution in [0.15, 0.2) is 17.6 Å². The molecule has 1 unspecified atom stereocenters. The maximum atomic E-state index is 5.78. The highest BCUT2D eigenvalue weighted by Crippen LogP contribution is 2.34. The number of thiophene rings is 1. The molecular formula is C11H11ClN4S. The van der Waals surface area contributed by atoms with Gasteiger partial charge in [-0.05, 0) is 42.0 Å². The van der Waals surface area contributed by atoms with Crippen LogP contribution in [0.2, 0.25) is 5.28 Å². The highest BCUT2D eigenvalue weighted by molar-refractivity contribution is 7.10. The van der Waals surface area contributed by atoms with E-state index in [1.54, 1.807) is 6.20 Å². The van der Waals surface area contributed by atoms with Gasteiger partial charge < -0.3 is 4.90 Å². The van der Waals surface area contributed by atoms with Crippen molar-refractivity contribution >= 4 is 28.8 Å². The van der Waals surface area contributed by atoms with Gasteiger partial charge in [-0.15, -0.1) is 16.4 Å². The Hall–Kier alpha value is -1.20. The Morgan fingerprint density at radius 3 is 3.24 bits per heavy atom. The van der Waals surface area contributed by atoms with Crippen LogP contribution in [0.25, 0.3) is 0 Å². The van der Waals surface area contributed by atoms with Crippen molar-refractivity contribution in [3.05, 3.63) is 33.4 Å². The number of halogens is 1. The number of aromatic nitrogens is 3. The third kappa shape index (κ3) is 1.89. The first-order chi connectivity index (χ1) is 8.25. The predicted octanol–water partition coefficient (Wildman–Crippen LogP) is 2.71. The lowest BCUT2D eigenvalue weighted by atomic mass is 10.0. The Morgan fingerprint density at radius 2 is 2.41 bits per heavy atom. The van der Waals surface area contributed by atoms with Crippen LogP contribution in [0.5, 0.6) is 0 Å². The second-order valence-corrected chi connectivity index (χ2v) is 5.34. The van der Waals surface area contributed by atoms with Crippen molar-refractivity contribution in [3.63, 3.8) is 0 Å². The maximum Gasteiger partial charge on any atom is 0.244 e. The van der Waals surface area contributed by atoms with Crippen LogP contribution in [0, 0.1) is 0 Å². The molecule has 1 atom stereocenters. The van der Waals surface area contributed by atoms with Gasteiger partial charge in [-0.2, -0.15) is 10.1 Å². The standard InChI is InChI=1S/C11H11ClN4S/c1-7-8-3-5-17-9(8)2-4-16(7)10-6-13-15-11(12)14-10/h3,5-7H,2,4H2,1H3. The molecule has 0 bridgehead atoms. The van der Waals surface area contributed by atoms with E-state index < -0.39 is 0 Å². The van der Waals surface area contributed by atoms with Crippen molar-refractivity contribution in [1.82, 2.24) is 15.2 Å². The number of anilines is 1. The number of hydrogen-bond acceptors (Lipinski definition) is 5. The highest BCUT2D eigenvalue weighted by Gasteiger charge is 2.25. The maximum absolute atomic E-state index is 5.78. The lowest BCUT2D eigenvalue weighted by Gasteiger charge is -2.34. The van der Waals surface area contributed by atoms with Crippen LogP contribution in [0.3, 0.4) is 0 Å². The zero-order valence-electron chi connectivity index (χ0n) is 9.30. The van der Waals surface area contributed by atoms with Gasteiger partial charge in [0.1, 0.15) is 0 Å². The Bertz CT molecular complexity index is 542. The van der Waals surface area contributed by atoms with Crippen LogP contribution in [0.1, 0.15) is 23.4 Å². The molecule has 0 radical (unpaired) electrons. The van der Waals surface area contributed by atoms with Gasteiger partial charge in [0, 0.05) is 11.4 Å². The zero-order chi connectivity index (χ0) is 11.8. The van der Waals surface area contributed by atoms with Crippen molar-refractivity contribution in [2.45, 2.75) is 19.4 Å². The summed E-state index contributed by atoms with van der Waals surface area (Å²) in [5.41, 5.74) is 1.39. The highest BCUT2D eigenvalue weighted by atomic mass is 35.5. The smallest absolute Gasteiger partial charge is 0.244 e. The molecule has 0 fully saturated rings. The Morgan fingerprint density at radius 1 is 1.53 bits per heavy atom. The normalized spacial score (nSPS) is 19.2. The summed E-state index contributed by atoms with van der Waals surface area (Å²) in [4.78, 5) is 7.92. The molecule has 0 aromatic carbocycles. The van der Waals surface area contributed by atoms with E-state index in [0.29, 0.717) is 6.04 Å². The van der Waals surface area contributed by atoms with Crippen LogP contribution in [-0.4, -0.2) is 21.7 Å². The van der Waals surface area contributed by atoms with Crippen LogP contribution < -0.4 is 4.90 Å². The minimum Gasteiger partial charge on any atom is -0.348 e. The molecule has 3 heterocycles. The summed E-state index contributed by atoms with van der Waals surface area (Å²) in [5, 5.41) is 9.88. The Labute approximate surface area is 108 Å². The summed E-state index contributed by atoms with van der Waals surface area (Å²) >= 11 is 7.61. The van der Waals surface area contributed by atoms with Crippen molar-refractivity contribution in [1.29, 1.82) is 0 Å². The Kier molecular flexibility index (Phi) is 2.72. The topological polar surface area (TPSA) is 41.9 Å². The van der Waals surface area contributed by atoms with Crippen molar-refractivity contribution in [2.24, 2.45) is 0 Å². The molecular weight excluding hydrogens is 256 g/mol. The van der Waals surface area contributed by atoms with Gasteiger partial charge in [0.25, 0.3) is 0 Å². The SMILES string of the molecule is CC1c2ccsc2CCN1c1cnnc(Cl)n1. The fraction of sp³-hybridized carbons (Fsp3) is 0.364. The van der Waals surface area contributed by atoms with E-state index >= 15 is 0 Å². The summed E-state index contributed by atoms with van der Waals surface area (Å²) in [6.45, 7) is 3.13. The van der Waals surface area contributed by atoms with Gasteiger partial charge in [0.15, 0.2) is 5.82 Å². The summed E-state index contributed by atoms with van der Waals surface area (Å²) in [6, 6.07) is 2.50. The van der Waals surface area contributed by atoms with Gasteiger partial charge in [0.05, 0.1) is 12.2 Å². The zero-order valence-corrected chi connectivity index (χ0v) is 10.9. The molecule has 0 N–H and O–H groups in total. The number of fused-ring (bicyclic) bond motifs is 1. The summed E-state index contributed by atoms with van der Waals surface area (Å²) in [5.74, 6) is 0.800. The van der Waals surface area contributed by atoms with Crippen molar-refractivity contribution in [2.75, 3.05) is 11.4 Å². The molecule has 6 heteroatoms. The van der Waals surface area contributed by atoms with Crippen LogP contribution in [0.4, 0.5) is 5.82 Å². The predicted molar refractivity (Wildman–Crippen MR) is 68.6 cm³/mol. The molecule has 17 heavy (non-hydrogen) atoms. The fourth-order valence-electron chi connectivity index (χ4n) is 2.23. The van der Waals surface area contributed by atoms with Gasteiger partial charge >= 0.3 is 0 Å². The first-order valence-corrected chi connectivity index (χ1v) is 6.69. The molecule has 0 amide bonds. The minimum atomic E-state index is 0.200. The summed E-state index contributed by atoms with van der Waals surface area (Å²) in [7, 11) is 0. The van der Waals surface area contributed by atoms with E-state index in [9.17, 15) is 0 Å². The lowest BCUT2D eigenvalue weighted by Crippen LogP contribution is -2.33. The van der Waals surface area contributed by atoms with E-state index in [-0.39, 0.29) is 5.28 Å². The van der Waals surface area contributed by atoms with Crippen molar-refractivity contribution < 1.29 is 0 Å². The van der Waals surface area contributed by atoms with E-state index in [1.165, 1.54) is 10.4 Å². The molecule has 0 aliphatic carbocycles. The largest absolute Gasteiger partial charge is 0.348 e. The average Bonchev–Trinajstić information content (AvgIpc) is 2.78. The van der Waals surface area contributed by atoms with E-state index in [1.807, 2.05) is 11.3 Å². The van der Waals surface area contributed by atoms with Gasteiger partial charge in [0.2, 0.25) is 5.28 Å². The number of hydrogen-bond donors (Lipinski definition) is 0. The number of nitrogens with zero attached hydrogens (tertiary/aromatic N) is 4. The van der Waals surface area contributed by atoms with Gasteiger partial charge in [-0.3, -0.25) is 0 Å². The number of rotatable bonds is 1. The van der Waals surface area contributed by atoms with E-state index in [0.717, 1.165) is 18.8 Å². The van der Waals surface area contributed by atoms with Crippen LogP contribution >= 0.6 is 22.9 Å². The second-order valence-electron chi connectivity index (χ2n) is 4.00. The minimum absolute atomic E-state index is 0.200. The molecule has 0 spiro atoms. The first kappa shape index (κ1) is 10.9. The summed E-state index contributed by atoms with van der Waals surface area (Å²) in [6.07, 6.45) is 2.72. The summed E-state index contributed by atoms with van der Waals surface area (Å²) < 4.78 is 0. The first-order valence-electron chi connectivity index (χ1n) is 5.44. The van der Waals surface area contributed by atoms with Crippen LogP contribution in [-0.2, 0) is 6.42 Å². The molecule has 2 aromatic rings. The second kappa shape index (κ2) is 4.23. The third-order valence-electron chi connectivity index (χ3n) is 3.09. The molecule has 3 rings (SSSR count). The molecule has 1 aliphatic rings. The lowest BCUT2D eigenvalue weighted by molar-refractivity contribution is 0.621. The monoisotopic (exact) mass is 266 g/mol. The molecule has 4 nitrogen and oxygen atoms in total. The quantitative estimate of drug-likeness (QED) is 0.796. The van der Waals surface area contributed by atoms with E-state index in [4.69, 9.17) is 11.6 Å².